The van der Waals surface area contributed by atoms with Gasteiger partial charge >= 0.3 is 0 Å². The normalized spacial score (nSPS) is 19.4. The standard InChI is InChI=1S/C18H27ClN2O/c1-17(2,3)18(4,5)20-16(22)15-7-6-12-21(15)14-10-8-13(19)9-11-14/h8-11,15H,6-7,12H2,1-5H3,(H,20,22)/t15-/m0/s1. The van der Waals surface area contributed by atoms with E-state index in [0.29, 0.717) is 0 Å². The Hall–Kier alpha value is -1.22. The number of benzene rings is 1. The second-order valence-electron chi connectivity index (χ2n) is 7.69. The Bertz CT molecular complexity index is 531. The first-order valence-corrected chi connectivity index (χ1v) is 8.34. The van der Waals surface area contributed by atoms with E-state index in [9.17, 15) is 4.79 Å². The molecule has 1 aliphatic rings. The summed E-state index contributed by atoms with van der Waals surface area (Å²) in [7, 11) is 0. The van der Waals surface area contributed by atoms with Gasteiger partial charge in [-0.25, -0.2) is 0 Å². The fourth-order valence-electron chi connectivity index (χ4n) is 2.56. The van der Waals surface area contributed by atoms with Gasteiger partial charge < -0.3 is 10.2 Å². The van der Waals surface area contributed by atoms with Gasteiger partial charge in [-0.15, -0.1) is 0 Å². The summed E-state index contributed by atoms with van der Waals surface area (Å²) in [5, 5.41) is 3.96. The molecule has 1 N–H and O–H groups in total. The van der Waals surface area contributed by atoms with Gasteiger partial charge in [0.2, 0.25) is 5.91 Å². The van der Waals surface area contributed by atoms with Crippen LogP contribution in [0.25, 0.3) is 0 Å². The number of hydrogen-bond donors (Lipinski definition) is 1. The van der Waals surface area contributed by atoms with Crippen molar-refractivity contribution in [3.05, 3.63) is 29.3 Å². The summed E-state index contributed by atoms with van der Waals surface area (Å²) in [4.78, 5) is 15.0. The molecule has 0 spiro atoms. The predicted octanol–water partition coefficient (Wildman–Crippen LogP) is 4.25. The number of carbonyl (C=O) groups excluding carboxylic acids is 1. The third-order valence-corrected chi connectivity index (χ3v) is 5.28. The molecule has 1 heterocycles. The Kier molecular flexibility index (Phi) is 4.76. The van der Waals surface area contributed by atoms with Crippen molar-refractivity contribution in [2.24, 2.45) is 5.41 Å². The minimum absolute atomic E-state index is 0.00632. The summed E-state index contributed by atoms with van der Waals surface area (Å²) in [5.41, 5.74) is 0.820. The number of rotatable bonds is 3. The highest BCUT2D eigenvalue weighted by atomic mass is 35.5. The molecule has 1 aromatic rings. The lowest BCUT2D eigenvalue weighted by Gasteiger charge is -2.41. The van der Waals surface area contributed by atoms with Crippen molar-refractivity contribution < 1.29 is 4.79 Å². The van der Waals surface area contributed by atoms with E-state index in [1.807, 2.05) is 24.3 Å². The maximum atomic E-state index is 12.8. The number of carbonyl (C=O) groups is 1. The summed E-state index contributed by atoms with van der Waals surface area (Å²) in [6, 6.07) is 7.64. The molecule has 4 heteroatoms. The predicted molar refractivity (Wildman–Crippen MR) is 93.5 cm³/mol. The lowest BCUT2D eigenvalue weighted by atomic mass is 9.76. The quantitative estimate of drug-likeness (QED) is 0.902. The second kappa shape index (κ2) is 6.11. The molecule has 0 aromatic heterocycles. The monoisotopic (exact) mass is 322 g/mol. The SMILES string of the molecule is CC(C)(C)C(C)(C)NC(=O)[C@@H]1CCCN1c1ccc(Cl)cc1. The fraction of sp³-hybridized carbons (Fsp3) is 0.611. The molecule has 0 bridgehead atoms. The van der Waals surface area contributed by atoms with Crippen LogP contribution in [0.4, 0.5) is 5.69 Å². The van der Waals surface area contributed by atoms with Crippen LogP contribution in [0.1, 0.15) is 47.5 Å². The van der Waals surface area contributed by atoms with Crippen molar-refractivity contribution in [2.45, 2.75) is 59.0 Å². The van der Waals surface area contributed by atoms with Crippen LogP contribution >= 0.6 is 11.6 Å². The molecule has 0 aliphatic carbocycles. The zero-order chi connectivity index (χ0) is 16.5. The van der Waals surface area contributed by atoms with Crippen LogP contribution in [0.5, 0.6) is 0 Å². The Labute approximate surface area is 139 Å². The highest BCUT2D eigenvalue weighted by molar-refractivity contribution is 6.30. The number of anilines is 1. The smallest absolute Gasteiger partial charge is 0.243 e. The van der Waals surface area contributed by atoms with Crippen molar-refractivity contribution in [1.82, 2.24) is 5.32 Å². The van der Waals surface area contributed by atoms with Crippen molar-refractivity contribution in [3.63, 3.8) is 0 Å². The van der Waals surface area contributed by atoms with Crippen molar-refractivity contribution in [1.29, 1.82) is 0 Å². The molecule has 1 fully saturated rings. The van der Waals surface area contributed by atoms with Crippen LogP contribution in [0.2, 0.25) is 5.02 Å². The number of amides is 1. The summed E-state index contributed by atoms with van der Waals surface area (Å²) < 4.78 is 0. The topological polar surface area (TPSA) is 32.3 Å². The van der Waals surface area contributed by atoms with Crippen LogP contribution in [0.3, 0.4) is 0 Å². The van der Waals surface area contributed by atoms with Crippen molar-refractivity contribution in [2.75, 3.05) is 11.4 Å². The summed E-state index contributed by atoms with van der Waals surface area (Å²) in [5.74, 6) is 0.118. The van der Waals surface area contributed by atoms with Crippen LogP contribution in [-0.2, 0) is 4.79 Å². The zero-order valence-corrected chi connectivity index (χ0v) is 15.0. The summed E-state index contributed by atoms with van der Waals surface area (Å²) in [6.45, 7) is 11.5. The number of hydrogen-bond acceptors (Lipinski definition) is 2. The Balaban J connectivity index is 2.13. The van der Waals surface area contributed by atoms with Crippen LogP contribution in [0.15, 0.2) is 24.3 Å². The van der Waals surface area contributed by atoms with Gasteiger partial charge in [-0.3, -0.25) is 4.79 Å². The van der Waals surface area contributed by atoms with E-state index in [0.717, 1.165) is 30.1 Å². The Morgan fingerprint density at radius 1 is 1.18 bits per heavy atom. The van der Waals surface area contributed by atoms with E-state index in [1.54, 1.807) is 0 Å². The van der Waals surface area contributed by atoms with Gasteiger partial charge in [0.1, 0.15) is 6.04 Å². The van der Waals surface area contributed by atoms with Gasteiger partial charge in [0, 0.05) is 22.8 Å². The minimum atomic E-state index is -0.252. The first-order valence-electron chi connectivity index (χ1n) is 7.96. The molecule has 1 aliphatic heterocycles. The average Bonchev–Trinajstić information content (AvgIpc) is 2.87. The first kappa shape index (κ1) is 17.1. The molecule has 1 saturated heterocycles. The number of halogens is 1. The van der Waals surface area contributed by atoms with E-state index in [4.69, 9.17) is 11.6 Å². The van der Waals surface area contributed by atoms with E-state index in [1.165, 1.54) is 0 Å². The first-order chi connectivity index (χ1) is 10.1. The zero-order valence-electron chi connectivity index (χ0n) is 14.2. The number of nitrogens with one attached hydrogen (secondary N) is 1. The van der Waals surface area contributed by atoms with Gasteiger partial charge in [0.25, 0.3) is 0 Å². The molecule has 0 saturated carbocycles. The lowest BCUT2D eigenvalue weighted by molar-refractivity contribution is -0.125. The molecule has 22 heavy (non-hydrogen) atoms. The second-order valence-corrected chi connectivity index (χ2v) is 8.13. The highest BCUT2D eigenvalue weighted by Gasteiger charge is 2.38. The van der Waals surface area contributed by atoms with Gasteiger partial charge in [-0.2, -0.15) is 0 Å². The number of nitrogens with zero attached hydrogens (tertiary/aromatic N) is 1. The Morgan fingerprint density at radius 2 is 1.77 bits per heavy atom. The van der Waals surface area contributed by atoms with E-state index >= 15 is 0 Å². The van der Waals surface area contributed by atoms with Crippen LogP contribution < -0.4 is 10.2 Å². The van der Waals surface area contributed by atoms with E-state index in [2.05, 4.69) is 44.8 Å². The molecule has 1 atom stereocenters. The molecule has 3 nitrogen and oxygen atoms in total. The maximum Gasteiger partial charge on any atom is 0.243 e. The van der Waals surface area contributed by atoms with Crippen LogP contribution in [-0.4, -0.2) is 24.0 Å². The highest BCUT2D eigenvalue weighted by Crippen LogP contribution is 2.31. The third kappa shape index (κ3) is 3.57. The summed E-state index contributed by atoms with van der Waals surface area (Å²) in [6.07, 6.45) is 1.94. The van der Waals surface area contributed by atoms with E-state index in [-0.39, 0.29) is 22.9 Å². The molecular formula is C18H27ClN2O. The summed E-state index contributed by atoms with van der Waals surface area (Å²) >= 11 is 5.96. The molecule has 1 aromatic carbocycles. The lowest BCUT2D eigenvalue weighted by Crippen LogP contribution is -2.57. The molecule has 0 unspecified atom stereocenters. The van der Waals surface area contributed by atoms with Crippen LogP contribution in [0, 0.1) is 5.41 Å². The molecule has 122 valence electrons. The molecular weight excluding hydrogens is 296 g/mol. The third-order valence-electron chi connectivity index (χ3n) is 5.02. The van der Waals surface area contributed by atoms with Gasteiger partial charge in [0.05, 0.1) is 0 Å². The average molecular weight is 323 g/mol. The fourth-order valence-corrected chi connectivity index (χ4v) is 2.69. The Morgan fingerprint density at radius 3 is 2.32 bits per heavy atom. The van der Waals surface area contributed by atoms with Crippen molar-refractivity contribution >= 4 is 23.2 Å². The molecule has 2 rings (SSSR count). The maximum absolute atomic E-state index is 12.8. The largest absolute Gasteiger partial charge is 0.360 e. The minimum Gasteiger partial charge on any atom is -0.360 e. The van der Waals surface area contributed by atoms with Gasteiger partial charge in [-0.1, -0.05) is 32.4 Å². The molecule has 1 amide bonds. The molecule has 0 radical (unpaired) electrons. The van der Waals surface area contributed by atoms with Gasteiger partial charge in [0.15, 0.2) is 0 Å². The van der Waals surface area contributed by atoms with E-state index < -0.39 is 0 Å². The van der Waals surface area contributed by atoms with Gasteiger partial charge in [-0.05, 0) is 56.4 Å². The van der Waals surface area contributed by atoms with Crippen molar-refractivity contribution in [3.8, 4) is 0 Å².